The number of likely N-dealkylation sites (tertiary alicyclic amines) is 1. The lowest BCUT2D eigenvalue weighted by Gasteiger charge is -2.33. The van der Waals surface area contributed by atoms with E-state index in [4.69, 9.17) is 0 Å². The van der Waals surface area contributed by atoms with Crippen LogP contribution >= 0.6 is 0 Å². The molecule has 0 radical (unpaired) electrons. The van der Waals surface area contributed by atoms with Crippen LogP contribution < -0.4 is 4.90 Å². The van der Waals surface area contributed by atoms with Crippen LogP contribution in [0.15, 0.2) is 18.3 Å². The normalized spacial score (nSPS) is 23.8. The third-order valence-corrected chi connectivity index (χ3v) is 4.74. The van der Waals surface area contributed by atoms with Crippen LogP contribution in [-0.4, -0.2) is 47.9 Å². The van der Waals surface area contributed by atoms with E-state index in [1.54, 1.807) is 4.90 Å². The second kappa shape index (κ2) is 6.42. The lowest BCUT2D eigenvalue weighted by atomic mass is 10.0. The molecule has 3 heterocycles. The van der Waals surface area contributed by atoms with E-state index in [9.17, 15) is 26.7 Å². The van der Waals surface area contributed by atoms with Crippen molar-refractivity contribution in [2.45, 2.75) is 31.4 Å². The molecule has 2 aliphatic heterocycles. The van der Waals surface area contributed by atoms with E-state index in [2.05, 4.69) is 4.98 Å². The van der Waals surface area contributed by atoms with Gasteiger partial charge >= 0.3 is 6.18 Å². The number of alkyl halides is 5. The van der Waals surface area contributed by atoms with Crippen LogP contribution in [0.2, 0.25) is 0 Å². The second-order valence-electron chi connectivity index (χ2n) is 6.51. The molecule has 0 aliphatic carbocycles. The van der Waals surface area contributed by atoms with E-state index in [0.29, 0.717) is 18.7 Å². The van der Waals surface area contributed by atoms with Gasteiger partial charge in [0.2, 0.25) is 5.91 Å². The van der Waals surface area contributed by atoms with E-state index >= 15 is 0 Å². The number of rotatable bonds is 2. The monoisotopic (exact) mass is 363 g/mol. The van der Waals surface area contributed by atoms with Crippen molar-refractivity contribution in [3.63, 3.8) is 0 Å². The van der Waals surface area contributed by atoms with E-state index < -0.39 is 17.8 Å². The van der Waals surface area contributed by atoms with Crippen molar-refractivity contribution < 1.29 is 26.7 Å². The number of carbonyl (C=O) groups is 1. The molecule has 0 spiro atoms. The minimum atomic E-state index is -4.52. The van der Waals surface area contributed by atoms with Crippen LogP contribution in [0.5, 0.6) is 0 Å². The Bertz CT molecular complexity index is 639. The fourth-order valence-corrected chi connectivity index (χ4v) is 3.28. The van der Waals surface area contributed by atoms with E-state index in [0.717, 1.165) is 12.3 Å². The summed E-state index contributed by atoms with van der Waals surface area (Å²) in [6, 6.07) is 2.44. The largest absolute Gasteiger partial charge is 0.433 e. The summed E-state index contributed by atoms with van der Waals surface area (Å²) in [5.41, 5.74) is -0.610. The Hall–Kier alpha value is -1.93. The number of hydrogen-bond donors (Lipinski definition) is 0. The molecule has 0 N–H and O–H groups in total. The summed E-state index contributed by atoms with van der Waals surface area (Å²) in [4.78, 5) is 19.0. The lowest BCUT2D eigenvalue weighted by Crippen LogP contribution is -2.45. The zero-order valence-corrected chi connectivity index (χ0v) is 13.4. The summed E-state index contributed by atoms with van der Waals surface area (Å²) in [6.07, 6.45) is -3.61. The minimum Gasteiger partial charge on any atom is -0.371 e. The Morgan fingerprint density at radius 1 is 1.20 bits per heavy atom. The minimum absolute atomic E-state index is 0.0236. The maximum absolute atomic E-state index is 13.2. The van der Waals surface area contributed by atoms with Crippen LogP contribution in [0.3, 0.4) is 0 Å². The van der Waals surface area contributed by atoms with Gasteiger partial charge in [0.05, 0.1) is 5.92 Å². The molecule has 0 saturated carbocycles. The van der Waals surface area contributed by atoms with Gasteiger partial charge in [0.25, 0.3) is 5.92 Å². The van der Waals surface area contributed by atoms with Crippen LogP contribution in [0.1, 0.15) is 25.0 Å². The number of hydrogen-bond acceptors (Lipinski definition) is 3. The number of nitrogens with zero attached hydrogens (tertiary/aromatic N) is 3. The topological polar surface area (TPSA) is 36.4 Å². The molecule has 2 fully saturated rings. The Kier molecular flexibility index (Phi) is 4.59. The van der Waals surface area contributed by atoms with Gasteiger partial charge in [0.15, 0.2) is 0 Å². The van der Waals surface area contributed by atoms with Crippen molar-refractivity contribution in [1.29, 1.82) is 0 Å². The summed E-state index contributed by atoms with van der Waals surface area (Å²) >= 11 is 0. The maximum atomic E-state index is 13.2. The molecule has 4 nitrogen and oxygen atoms in total. The number of amides is 1. The van der Waals surface area contributed by atoms with E-state index in [1.807, 2.05) is 0 Å². The predicted octanol–water partition coefficient (Wildman–Crippen LogP) is 3.18. The van der Waals surface area contributed by atoms with Crippen molar-refractivity contribution in [1.82, 2.24) is 9.88 Å². The fourth-order valence-electron chi connectivity index (χ4n) is 3.28. The van der Waals surface area contributed by atoms with Crippen molar-refractivity contribution in [3.8, 4) is 0 Å². The average molecular weight is 363 g/mol. The highest BCUT2D eigenvalue weighted by Crippen LogP contribution is 2.33. The Morgan fingerprint density at radius 3 is 2.52 bits per heavy atom. The molecule has 0 aromatic carbocycles. The lowest BCUT2D eigenvalue weighted by molar-refractivity contribution is -0.142. The molecule has 1 atom stereocenters. The van der Waals surface area contributed by atoms with Gasteiger partial charge in [-0.05, 0) is 18.6 Å². The van der Waals surface area contributed by atoms with Gasteiger partial charge in [-0.2, -0.15) is 13.2 Å². The first-order valence-electron chi connectivity index (χ1n) is 8.10. The first-order chi connectivity index (χ1) is 11.7. The molecule has 9 heteroatoms. The van der Waals surface area contributed by atoms with Crippen LogP contribution in [-0.2, 0) is 11.0 Å². The summed E-state index contributed by atoms with van der Waals surface area (Å²) in [5, 5.41) is 0. The van der Waals surface area contributed by atoms with Crippen molar-refractivity contribution in [2.24, 2.45) is 5.92 Å². The van der Waals surface area contributed by atoms with E-state index in [-0.39, 0.29) is 44.3 Å². The average Bonchev–Trinajstić information content (AvgIpc) is 3.03. The van der Waals surface area contributed by atoms with Gasteiger partial charge in [-0.15, -0.1) is 0 Å². The van der Waals surface area contributed by atoms with Gasteiger partial charge in [-0.3, -0.25) is 9.78 Å². The number of halogens is 5. The third-order valence-electron chi connectivity index (χ3n) is 4.74. The Labute approximate surface area is 141 Å². The molecule has 2 aliphatic rings. The van der Waals surface area contributed by atoms with Gasteiger partial charge in [0, 0.05) is 50.9 Å². The maximum Gasteiger partial charge on any atom is 0.433 e. The number of anilines is 1. The van der Waals surface area contributed by atoms with Crippen molar-refractivity contribution >= 4 is 11.6 Å². The van der Waals surface area contributed by atoms with E-state index in [1.165, 1.54) is 11.0 Å². The Balaban J connectivity index is 1.63. The number of aromatic nitrogens is 1. The Morgan fingerprint density at radius 2 is 1.88 bits per heavy atom. The number of piperidine rings is 1. The molecule has 138 valence electrons. The molecule has 1 aromatic rings. The SMILES string of the molecule is O=C(C1CCN(c2ccnc(C(F)(F)F)c2)C1)N1CCC(F)(F)CC1. The zero-order chi connectivity index (χ0) is 18.2. The van der Waals surface area contributed by atoms with Crippen LogP contribution in [0.25, 0.3) is 0 Å². The van der Waals surface area contributed by atoms with Gasteiger partial charge in [-0.1, -0.05) is 0 Å². The molecule has 25 heavy (non-hydrogen) atoms. The highest BCUT2D eigenvalue weighted by Gasteiger charge is 2.39. The molecule has 0 bridgehead atoms. The molecule has 1 amide bonds. The van der Waals surface area contributed by atoms with Crippen molar-refractivity contribution in [2.75, 3.05) is 31.1 Å². The number of carbonyl (C=O) groups excluding carboxylic acids is 1. The zero-order valence-electron chi connectivity index (χ0n) is 13.4. The molecular formula is C16H18F5N3O. The molecular weight excluding hydrogens is 345 g/mol. The van der Waals surface area contributed by atoms with Crippen LogP contribution in [0.4, 0.5) is 27.6 Å². The highest BCUT2D eigenvalue weighted by molar-refractivity contribution is 5.80. The third kappa shape index (κ3) is 4.01. The number of pyridine rings is 1. The first-order valence-corrected chi connectivity index (χ1v) is 8.10. The fraction of sp³-hybridized carbons (Fsp3) is 0.625. The molecule has 1 aromatic heterocycles. The van der Waals surface area contributed by atoms with Gasteiger partial charge in [-0.25, -0.2) is 8.78 Å². The van der Waals surface area contributed by atoms with Crippen molar-refractivity contribution in [3.05, 3.63) is 24.0 Å². The highest BCUT2D eigenvalue weighted by atomic mass is 19.4. The van der Waals surface area contributed by atoms with Gasteiger partial charge < -0.3 is 9.80 Å². The summed E-state index contributed by atoms with van der Waals surface area (Å²) in [5.74, 6) is -3.29. The first kappa shape index (κ1) is 17.9. The summed E-state index contributed by atoms with van der Waals surface area (Å²) < 4.78 is 64.7. The standard InChI is InChI=1S/C16H18F5N3O/c17-15(18)3-7-23(8-4-15)14(25)11-2-6-24(10-11)12-1-5-22-13(9-12)16(19,20)21/h1,5,9,11H,2-4,6-8,10H2. The van der Waals surface area contributed by atoms with Gasteiger partial charge in [0.1, 0.15) is 5.69 Å². The smallest absolute Gasteiger partial charge is 0.371 e. The predicted molar refractivity (Wildman–Crippen MR) is 80.3 cm³/mol. The molecule has 2 saturated heterocycles. The quantitative estimate of drug-likeness (QED) is 0.758. The molecule has 1 unspecified atom stereocenters. The van der Waals surface area contributed by atoms with Crippen LogP contribution in [0, 0.1) is 5.92 Å². The second-order valence-corrected chi connectivity index (χ2v) is 6.51. The summed E-state index contributed by atoms with van der Waals surface area (Å²) in [7, 11) is 0. The summed E-state index contributed by atoms with van der Waals surface area (Å²) in [6.45, 7) is 0.778. The molecule has 3 rings (SSSR count).